The molecule has 2 unspecified atom stereocenters. The summed E-state index contributed by atoms with van der Waals surface area (Å²) >= 11 is 0. The quantitative estimate of drug-likeness (QED) is 0.841. The van der Waals surface area contributed by atoms with Gasteiger partial charge in [-0.25, -0.2) is 0 Å². The Labute approximate surface area is 109 Å². The van der Waals surface area contributed by atoms with Crippen LogP contribution < -0.4 is 10.1 Å². The van der Waals surface area contributed by atoms with Crippen molar-refractivity contribution in [2.75, 3.05) is 26.9 Å². The van der Waals surface area contributed by atoms with Gasteiger partial charge in [0, 0.05) is 24.8 Å². The zero-order valence-electron chi connectivity index (χ0n) is 11.3. The van der Waals surface area contributed by atoms with Crippen LogP contribution in [0.1, 0.15) is 31.4 Å². The second-order valence-electron chi connectivity index (χ2n) is 4.82. The highest BCUT2D eigenvalue weighted by atomic mass is 16.5. The van der Waals surface area contributed by atoms with Crippen LogP contribution in [0.2, 0.25) is 0 Å². The Morgan fingerprint density at radius 3 is 2.94 bits per heavy atom. The van der Waals surface area contributed by atoms with Gasteiger partial charge in [-0.15, -0.1) is 0 Å². The smallest absolute Gasteiger partial charge is 0.123 e. The summed E-state index contributed by atoms with van der Waals surface area (Å²) in [5.41, 5.74) is 1.26. The molecular formula is C15H23NO2. The first-order valence-electron chi connectivity index (χ1n) is 6.79. The molecule has 0 radical (unpaired) electrons. The van der Waals surface area contributed by atoms with Crippen LogP contribution in [0, 0.1) is 5.92 Å². The Kier molecular flexibility index (Phi) is 5.02. The Hall–Kier alpha value is -1.06. The van der Waals surface area contributed by atoms with Gasteiger partial charge in [0.2, 0.25) is 0 Å². The van der Waals surface area contributed by atoms with Gasteiger partial charge in [-0.1, -0.05) is 25.1 Å². The minimum atomic E-state index is 0.359. The van der Waals surface area contributed by atoms with E-state index < -0.39 is 0 Å². The van der Waals surface area contributed by atoms with E-state index in [1.807, 2.05) is 12.1 Å². The van der Waals surface area contributed by atoms with Crippen molar-refractivity contribution in [3.05, 3.63) is 29.8 Å². The summed E-state index contributed by atoms with van der Waals surface area (Å²) < 4.78 is 10.9. The predicted octanol–water partition coefficient (Wildman–Crippen LogP) is 2.77. The molecule has 2 atom stereocenters. The first-order chi connectivity index (χ1) is 8.85. The fraction of sp³-hybridized carbons (Fsp3) is 0.600. The molecule has 1 heterocycles. The number of benzene rings is 1. The minimum Gasteiger partial charge on any atom is -0.496 e. The second kappa shape index (κ2) is 6.76. The molecule has 0 amide bonds. The van der Waals surface area contributed by atoms with Crippen molar-refractivity contribution < 1.29 is 9.47 Å². The molecule has 0 aliphatic carbocycles. The standard InChI is InChI=1S/C15H23NO2/c1-3-16-14(10-12-8-9-18-11-12)13-6-4-5-7-15(13)17-2/h4-7,12,14,16H,3,8-11H2,1-2H3. The van der Waals surface area contributed by atoms with Crippen LogP contribution in [-0.2, 0) is 4.74 Å². The van der Waals surface area contributed by atoms with Crippen molar-refractivity contribution in [3.63, 3.8) is 0 Å². The molecule has 1 aliphatic heterocycles. The lowest BCUT2D eigenvalue weighted by Gasteiger charge is -2.23. The highest BCUT2D eigenvalue weighted by Crippen LogP contribution is 2.31. The van der Waals surface area contributed by atoms with Crippen LogP contribution in [-0.4, -0.2) is 26.9 Å². The van der Waals surface area contributed by atoms with E-state index in [4.69, 9.17) is 9.47 Å². The summed E-state index contributed by atoms with van der Waals surface area (Å²) in [5.74, 6) is 1.64. The van der Waals surface area contributed by atoms with Crippen molar-refractivity contribution in [1.29, 1.82) is 0 Å². The molecule has 0 bridgehead atoms. The number of hydrogen-bond donors (Lipinski definition) is 1. The lowest BCUT2D eigenvalue weighted by atomic mass is 9.93. The number of rotatable bonds is 6. The molecule has 1 N–H and O–H groups in total. The maximum atomic E-state index is 5.47. The number of ether oxygens (including phenoxy) is 2. The first-order valence-corrected chi connectivity index (χ1v) is 6.79. The fourth-order valence-corrected chi connectivity index (χ4v) is 2.62. The summed E-state index contributed by atoms with van der Waals surface area (Å²) in [7, 11) is 1.74. The lowest BCUT2D eigenvalue weighted by molar-refractivity contribution is 0.181. The number of nitrogens with one attached hydrogen (secondary N) is 1. The monoisotopic (exact) mass is 249 g/mol. The van der Waals surface area contributed by atoms with Crippen molar-refractivity contribution in [1.82, 2.24) is 5.32 Å². The lowest BCUT2D eigenvalue weighted by Crippen LogP contribution is -2.24. The Bertz CT molecular complexity index is 361. The highest BCUT2D eigenvalue weighted by Gasteiger charge is 2.23. The molecule has 0 spiro atoms. The van der Waals surface area contributed by atoms with Crippen molar-refractivity contribution >= 4 is 0 Å². The van der Waals surface area contributed by atoms with E-state index in [0.717, 1.165) is 31.9 Å². The average molecular weight is 249 g/mol. The van der Waals surface area contributed by atoms with E-state index in [2.05, 4.69) is 24.4 Å². The first kappa shape index (κ1) is 13.4. The molecule has 1 saturated heterocycles. The van der Waals surface area contributed by atoms with Gasteiger partial charge in [0.1, 0.15) is 5.75 Å². The molecule has 100 valence electrons. The van der Waals surface area contributed by atoms with E-state index in [0.29, 0.717) is 12.0 Å². The summed E-state index contributed by atoms with van der Waals surface area (Å²) in [4.78, 5) is 0. The van der Waals surface area contributed by atoms with E-state index >= 15 is 0 Å². The Morgan fingerprint density at radius 2 is 2.28 bits per heavy atom. The van der Waals surface area contributed by atoms with Gasteiger partial charge in [0.05, 0.1) is 7.11 Å². The average Bonchev–Trinajstić information content (AvgIpc) is 2.91. The molecular weight excluding hydrogens is 226 g/mol. The van der Waals surface area contributed by atoms with E-state index in [1.54, 1.807) is 7.11 Å². The van der Waals surface area contributed by atoms with Gasteiger partial charge in [-0.3, -0.25) is 0 Å². The summed E-state index contributed by atoms with van der Waals surface area (Å²) in [6, 6.07) is 8.64. The van der Waals surface area contributed by atoms with Crippen LogP contribution >= 0.6 is 0 Å². The molecule has 18 heavy (non-hydrogen) atoms. The zero-order chi connectivity index (χ0) is 12.8. The number of para-hydroxylation sites is 1. The zero-order valence-corrected chi connectivity index (χ0v) is 11.3. The van der Waals surface area contributed by atoms with Crippen LogP contribution in [0.15, 0.2) is 24.3 Å². The van der Waals surface area contributed by atoms with Gasteiger partial charge in [-0.2, -0.15) is 0 Å². The van der Waals surface area contributed by atoms with Gasteiger partial charge >= 0.3 is 0 Å². The van der Waals surface area contributed by atoms with Crippen LogP contribution in [0.4, 0.5) is 0 Å². The molecule has 2 rings (SSSR count). The molecule has 1 aliphatic rings. The van der Waals surface area contributed by atoms with Crippen LogP contribution in [0.25, 0.3) is 0 Å². The Balaban J connectivity index is 2.11. The van der Waals surface area contributed by atoms with E-state index in [1.165, 1.54) is 12.0 Å². The molecule has 1 aromatic carbocycles. The molecule has 0 aromatic heterocycles. The van der Waals surface area contributed by atoms with Gasteiger partial charge in [0.25, 0.3) is 0 Å². The van der Waals surface area contributed by atoms with Crippen molar-refractivity contribution in [2.24, 2.45) is 5.92 Å². The third-order valence-corrected chi connectivity index (χ3v) is 3.56. The SMILES string of the molecule is CCNC(CC1CCOC1)c1ccccc1OC. The van der Waals surface area contributed by atoms with Crippen molar-refractivity contribution in [2.45, 2.75) is 25.8 Å². The second-order valence-corrected chi connectivity index (χ2v) is 4.82. The predicted molar refractivity (Wildman–Crippen MR) is 73.0 cm³/mol. The number of methoxy groups -OCH3 is 1. The molecule has 0 saturated carbocycles. The third-order valence-electron chi connectivity index (χ3n) is 3.56. The fourth-order valence-electron chi connectivity index (χ4n) is 2.62. The van der Waals surface area contributed by atoms with Gasteiger partial charge in [-0.05, 0) is 31.4 Å². The summed E-state index contributed by atoms with van der Waals surface area (Å²) in [5, 5.41) is 3.56. The molecule has 1 aromatic rings. The topological polar surface area (TPSA) is 30.5 Å². The third kappa shape index (κ3) is 3.24. The molecule has 3 heteroatoms. The maximum Gasteiger partial charge on any atom is 0.123 e. The number of hydrogen-bond acceptors (Lipinski definition) is 3. The minimum absolute atomic E-state index is 0.359. The van der Waals surface area contributed by atoms with Gasteiger partial charge in [0.15, 0.2) is 0 Å². The summed E-state index contributed by atoms with van der Waals surface area (Å²) in [6.07, 6.45) is 2.30. The van der Waals surface area contributed by atoms with E-state index in [9.17, 15) is 0 Å². The normalized spacial score (nSPS) is 20.9. The molecule has 3 nitrogen and oxygen atoms in total. The van der Waals surface area contributed by atoms with Crippen LogP contribution in [0.3, 0.4) is 0 Å². The highest BCUT2D eigenvalue weighted by molar-refractivity contribution is 5.35. The van der Waals surface area contributed by atoms with Crippen LogP contribution in [0.5, 0.6) is 5.75 Å². The summed E-state index contributed by atoms with van der Waals surface area (Å²) in [6.45, 7) is 4.93. The Morgan fingerprint density at radius 1 is 1.44 bits per heavy atom. The van der Waals surface area contributed by atoms with E-state index in [-0.39, 0.29) is 0 Å². The molecule has 1 fully saturated rings. The van der Waals surface area contributed by atoms with Crippen molar-refractivity contribution in [3.8, 4) is 5.75 Å². The largest absolute Gasteiger partial charge is 0.496 e. The van der Waals surface area contributed by atoms with Gasteiger partial charge < -0.3 is 14.8 Å². The maximum absolute atomic E-state index is 5.47.